The Morgan fingerprint density at radius 2 is 1.67 bits per heavy atom. The first-order chi connectivity index (χ1) is 10.1. The van der Waals surface area contributed by atoms with Crippen molar-refractivity contribution in [2.24, 2.45) is 4.99 Å². The second-order valence-corrected chi connectivity index (χ2v) is 4.78. The molecular weight excluding hydrogens is 260 g/mol. The minimum atomic E-state index is 0.0316. The Hall–Kier alpha value is -2.68. The molecule has 0 amide bonds. The number of benzene rings is 2. The monoisotopic (exact) mass is 278 g/mol. The van der Waals surface area contributed by atoms with Gasteiger partial charge in [-0.15, -0.1) is 0 Å². The quantitative estimate of drug-likeness (QED) is 0.653. The predicted octanol–water partition coefficient (Wildman–Crippen LogP) is 4.34. The van der Waals surface area contributed by atoms with Gasteiger partial charge in [-0.2, -0.15) is 0 Å². The molecule has 0 radical (unpaired) electrons. The summed E-state index contributed by atoms with van der Waals surface area (Å²) in [6.45, 7) is 3.40. The van der Waals surface area contributed by atoms with Gasteiger partial charge in [-0.05, 0) is 49.8 Å². The third kappa shape index (κ3) is 5.07. The number of carbonyl (C=O) groups is 1. The molecule has 0 aliphatic heterocycles. The van der Waals surface area contributed by atoms with Gasteiger partial charge in [-0.1, -0.05) is 30.3 Å². The lowest BCUT2D eigenvalue weighted by Gasteiger charge is -2.06. The molecule has 0 saturated carbocycles. The van der Waals surface area contributed by atoms with Crippen molar-refractivity contribution in [2.75, 3.05) is 5.32 Å². The first-order valence-corrected chi connectivity index (χ1v) is 6.78. The number of allylic oxidation sites excluding steroid dienone is 2. The molecule has 0 aliphatic carbocycles. The number of hydrogen-bond donors (Lipinski definition) is 1. The summed E-state index contributed by atoms with van der Waals surface area (Å²) in [7, 11) is 0. The molecule has 2 aromatic carbocycles. The molecule has 0 saturated heterocycles. The van der Waals surface area contributed by atoms with E-state index in [0.717, 1.165) is 22.6 Å². The summed E-state index contributed by atoms with van der Waals surface area (Å²) in [6.07, 6.45) is 3.41. The average molecular weight is 278 g/mol. The van der Waals surface area contributed by atoms with Crippen LogP contribution < -0.4 is 5.32 Å². The molecule has 3 heteroatoms. The zero-order chi connectivity index (χ0) is 15.1. The van der Waals surface area contributed by atoms with Crippen LogP contribution in [0.2, 0.25) is 0 Å². The maximum absolute atomic E-state index is 11.0. The van der Waals surface area contributed by atoms with Gasteiger partial charge in [-0.25, -0.2) is 0 Å². The fourth-order valence-corrected chi connectivity index (χ4v) is 1.89. The number of nitrogens with zero attached hydrogens (tertiary/aromatic N) is 1. The number of rotatable bonds is 5. The van der Waals surface area contributed by atoms with Crippen LogP contribution >= 0.6 is 0 Å². The highest BCUT2D eigenvalue weighted by Gasteiger charge is 1.95. The van der Waals surface area contributed by atoms with Crippen LogP contribution in [0.25, 0.3) is 0 Å². The smallest absolute Gasteiger partial charge is 0.154 e. The Bertz CT molecular complexity index is 655. The Labute approximate surface area is 125 Å². The summed E-state index contributed by atoms with van der Waals surface area (Å²) in [5, 5.41) is 3.16. The van der Waals surface area contributed by atoms with E-state index in [2.05, 4.69) is 10.3 Å². The lowest BCUT2D eigenvalue weighted by atomic mass is 10.2. The Balaban J connectivity index is 2.02. The molecule has 0 aliphatic rings. The van der Waals surface area contributed by atoms with Gasteiger partial charge in [0.15, 0.2) is 5.78 Å². The van der Waals surface area contributed by atoms with Gasteiger partial charge in [0.25, 0.3) is 0 Å². The lowest BCUT2D eigenvalue weighted by molar-refractivity contribution is -0.112. The molecule has 0 aromatic heterocycles. The van der Waals surface area contributed by atoms with E-state index in [1.54, 1.807) is 6.08 Å². The summed E-state index contributed by atoms with van der Waals surface area (Å²) in [4.78, 5) is 15.4. The molecule has 21 heavy (non-hydrogen) atoms. The summed E-state index contributed by atoms with van der Waals surface area (Å²) in [5.74, 6) is 0.0316. The van der Waals surface area contributed by atoms with E-state index in [1.165, 1.54) is 6.92 Å². The zero-order valence-corrected chi connectivity index (χ0v) is 12.2. The van der Waals surface area contributed by atoms with Crippen LogP contribution in [-0.4, -0.2) is 12.0 Å². The average Bonchev–Trinajstić information content (AvgIpc) is 2.47. The van der Waals surface area contributed by atoms with Crippen molar-refractivity contribution in [3.8, 4) is 0 Å². The molecule has 0 fully saturated rings. The predicted molar refractivity (Wildman–Crippen MR) is 88.2 cm³/mol. The molecular formula is C18H18N2O. The number of aliphatic imine (C=N–C) groups is 1. The van der Waals surface area contributed by atoms with Crippen LogP contribution in [0.15, 0.2) is 71.4 Å². The molecule has 0 heterocycles. The van der Waals surface area contributed by atoms with E-state index in [4.69, 9.17) is 0 Å². The molecule has 2 rings (SSSR count). The van der Waals surface area contributed by atoms with Crippen molar-refractivity contribution in [2.45, 2.75) is 13.8 Å². The third-order valence-corrected chi connectivity index (χ3v) is 2.79. The van der Waals surface area contributed by atoms with Gasteiger partial charge in [0.2, 0.25) is 0 Å². The number of carbonyl (C=O) groups excluding carboxylic acids is 1. The highest BCUT2D eigenvalue weighted by molar-refractivity contribution is 5.88. The minimum absolute atomic E-state index is 0.0316. The van der Waals surface area contributed by atoms with E-state index in [-0.39, 0.29) is 5.78 Å². The molecule has 1 N–H and O–H groups in total. The van der Waals surface area contributed by atoms with Crippen molar-refractivity contribution in [1.29, 1.82) is 0 Å². The number of nitrogens with one attached hydrogen (secondary N) is 1. The highest BCUT2D eigenvalue weighted by Crippen LogP contribution is 2.17. The maximum atomic E-state index is 11.0. The first-order valence-electron chi connectivity index (χ1n) is 6.78. The molecule has 3 nitrogen and oxygen atoms in total. The zero-order valence-electron chi connectivity index (χ0n) is 12.2. The van der Waals surface area contributed by atoms with Gasteiger partial charge in [0.1, 0.15) is 0 Å². The fraction of sp³-hybridized carbons (Fsp3) is 0.111. The third-order valence-electron chi connectivity index (χ3n) is 2.79. The summed E-state index contributed by atoms with van der Waals surface area (Å²) >= 11 is 0. The molecule has 106 valence electrons. The van der Waals surface area contributed by atoms with Crippen molar-refractivity contribution >= 4 is 23.4 Å². The molecule has 0 bridgehead atoms. The summed E-state index contributed by atoms with van der Waals surface area (Å²) in [6, 6.07) is 17.7. The van der Waals surface area contributed by atoms with Crippen molar-refractivity contribution in [1.82, 2.24) is 0 Å². The second kappa shape index (κ2) is 7.20. The van der Waals surface area contributed by atoms with Gasteiger partial charge in [-0.3, -0.25) is 9.79 Å². The van der Waals surface area contributed by atoms with E-state index < -0.39 is 0 Å². The van der Waals surface area contributed by atoms with Crippen LogP contribution in [0.3, 0.4) is 0 Å². The van der Waals surface area contributed by atoms with Crippen molar-refractivity contribution < 1.29 is 4.79 Å². The maximum Gasteiger partial charge on any atom is 0.154 e. The van der Waals surface area contributed by atoms with E-state index in [1.807, 2.05) is 67.7 Å². The molecule has 0 unspecified atom stereocenters. The Morgan fingerprint density at radius 1 is 1.00 bits per heavy atom. The van der Waals surface area contributed by atoms with E-state index in [0.29, 0.717) is 0 Å². The Morgan fingerprint density at radius 3 is 2.29 bits per heavy atom. The number of anilines is 1. The summed E-state index contributed by atoms with van der Waals surface area (Å²) in [5.41, 5.74) is 3.71. The minimum Gasteiger partial charge on any atom is -0.359 e. The molecule has 0 atom stereocenters. The van der Waals surface area contributed by atoms with Gasteiger partial charge >= 0.3 is 0 Å². The first kappa shape index (κ1) is 14.7. The van der Waals surface area contributed by atoms with Crippen molar-refractivity contribution in [3.05, 3.63) is 71.9 Å². The topological polar surface area (TPSA) is 41.5 Å². The van der Waals surface area contributed by atoms with E-state index in [9.17, 15) is 4.79 Å². The molecule has 2 aromatic rings. The summed E-state index contributed by atoms with van der Waals surface area (Å²) < 4.78 is 0. The van der Waals surface area contributed by atoms with Crippen LogP contribution in [0, 0.1) is 0 Å². The highest BCUT2D eigenvalue weighted by atomic mass is 16.1. The van der Waals surface area contributed by atoms with Crippen LogP contribution in [-0.2, 0) is 4.79 Å². The largest absolute Gasteiger partial charge is 0.359 e. The number of hydrogen-bond acceptors (Lipinski definition) is 3. The number of ketones is 1. The van der Waals surface area contributed by atoms with Gasteiger partial charge in [0, 0.05) is 17.6 Å². The van der Waals surface area contributed by atoms with E-state index >= 15 is 0 Å². The van der Waals surface area contributed by atoms with Crippen molar-refractivity contribution in [3.63, 3.8) is 0 Å². The van der Waals surface area contributed by atoms with Crippen LogP contribution in [0.5, 0.6) is 0 Å². The lowest BCUT2D eigenvalue weighted by Crippen LogP contribution is -1.97. The normalized spacial score (nSPS) is 11.6. The Kier molecular flexibility index (Phi) is 5.04. The fourth-order valence-electron chi connectivity index (χ4n) is 1.89. The molecule has 0 spiro atoms. The standard InChI is InChI=1S/C18H18N2O/c1-14(12-15(2)21)20-18-10-8-17(9-11-18)19-13-16-6-4-3-5-7-16/h3-13,20H,1-2H3/b14-12+,19-13?. The second-order valence-electron chi connectivity index (χ2n) is 4.78. The van der Waals surface area contributed by atoms with Gasteiger partial charge in [0.05, 0.1) is 5.69 Å². The van der Waals surface area contributed by atoms with Gasteiger partial charge < -0.3 is 5.32 Å². The van der Waals surface area contributed by atoms with Crippen LogP contribution in [0.4, 0.5) is 11.4 Å². The van der Waals surface area contributed by atoms with Crippen LogP contribution in [0.1, 0.15) is 19.4 Å². The SMILES string of the molecule is CC(=O)/C=C(\C)Nc1ccc(N=Cc2ccccc2)cc1.